The zero-order chi connectivity index (χ0) is 15.5. The second-order valence-corrected chi connectivity index (χ2v) is 5.75. The number of nitrogens with two attached hydrogens (primary N) is 1. The first-order chi connectivity index (χ1) is 10.6. The van der Waals surface area contributed by atoms with Crippen LogP contribution in [0.1, 0.15) is 28.7 Å². The zero-order valence-electron chi connectivity index (χ0n) is 13.1. The first-order valence-corrected chi connectivity index (χ1v) is 7.55. The summed E-state index contributed by atoms with van der Waals surface area (Å²) in [5.74, 6) is 0.178. The Morgan fingerprint density at radius 3 is 2.74 bits per heavy atom. The predicted octanol–water partition coefficient (Wildman–Crippen LogP) is 4.17. The molecular formula is C18H21FIN3. The summed E-state index contributed by atoms with van der Waals surface area (Å²) in [5.41, 5.74) is 11.3. The van der Waals surface area contributed by atoms with E-state index in [-0.39, 0.29) is 29.8 Å². The number of fused-ring (bicyclic) bond motifs is 1. The van der Waals surface area contributed by atoms with Gasteiger partial charge >= 0.3 is 0 Å². The molecule has 0 unspecified atom stereocenters. The Morgan fingerprint density at radius 1 is 1.17 bits per heavy atom. The van der Waals surface area contributed by atoms with Crippen molar-refractivity contribution in [3.63, 3.8) is 0 Å². The van der Waals surface area contributed by atoms with Crippen LogP contribution in [-0.2, 0) is 19.4 Å². The molecule has 23 heavy (non-hydrogen) atoms. The van der Waals surface area contributed by atoms with Gasteiger partial charge in [0.05, 0.1) is 6.54 Å². The minimum Gasteiger partial charge on any atom is -0.370 e. The third-order valence-electron chi connectivity index (χ3n) is 4.03. The number of nitrogens with one attached hydrogen (secondary N) is 1. The molecule has 0 heterocycles. The maximum atomic E-state index is 13.2. The molecule has 1 aliphatic rings. The Labute approximate surface area is 153 Å². The minimum absolute atomic E-state index is 0. The molecule has 1 aliphatic carbocycles. The fourth-order valence-electron chi connectivity index (χ4n) is 2.82. The molecule has 0 fully saturated rings. The molecule has 0 radical (unpaired) electrons. The summed E-state index contributed by atoms with van der Waals surface area (Å²) in [4.78, 5) is 4.31. The maximum Gasteiger partial charge on any atom is 0.193 e. The second kappa shape index (κ2) is 7.77. The Bertz CT molecular complexity index is 728. The number of aliphatic imine (C=N–C) groups is 1. The Hall–Kier alpha value is -1.63. The molecule has 0 aliphatic heterocycles. The van der Waals surface area contributed by atoms with E-state index >= 15 is 0 Å². The van der Waals surface area contributed by atoms with Gasteiger partial charge in [0, 0.05) is 5.69 Å². The van der Waals surface area contributed by atoms with Crippen LogP contribution in [0.3, 0.4) is 0 Å². The zero-order valence-corrected chi connectivity index (χ0v) is 15.4. The van der Waals surface area contributed by atoms with Gasteiger partial charge in [0.2, 0.25) is 0 Å². The summed E-state index contributed by atoms with van der Waals surface area (Å²) >= 11 is 0. The normalized spacial score (nSPS) is 13.4. The molecule has 0 amide bonds. The number of guanidine groups is 1. The first kappa shape index (κ1) is 17.7. The number of nitrogens with zero attached hydrogens (tertiary/aromatic N) is 1. The highest BCUT2D eigenvalue weighted by molar-refractivity contribution is 14.0. The Morgan fingerprint density at radius 2 is 1.96 bits per heavy atom. The van der Waals surface area contributed by atoms with Crippen molar-refractivity contribution in [2.24, 2.45) is 10.7 Å². The average Bonchev–Trinajstić information content (AvgIpc) is 2.96. The van der Waals surface area contributed by atoms with Crippen molar-refractivity contribution in [1.29, 1.82) is 0 Å². The van der Waals surface area contributed by atoms with Crippen molar-refractivity contribution in [2.75, 3.05) is 5.32 Å². The Kier molecular flexibility index (Phi) is 5.98. The quantitative estimate of drug-likeness (QED) is 0.441. The third-order valence-corrected chi connectivity index (χ3v) is 4.03. The fraction of sp³-hybridized carbons (Fsp3) is 0.278. The molecular weight excluding hydrogens is 404 g/mol. The lowest BCUT2D eigenvalue weighted by atomic mass is 10.1. The summed E-state index contributed by atoms with van der Waals surface area (Å²) in [5, 5.41) is 3.12. The standard InChI is InChI=1S/C18H20FN3.HI/c1-12-9-13(5-8-17(12)19)11-21-18(20)22-16-7-6-14-3-2-4-15(14)10-16;/h5-10H,2-4,11H2,1H3,(H3,20,21,22);1H. The van der Waals surface area contributed by atoms with E-state index in [1.165, 1.54) is 30.0 Å². The van der Waals surface area contributed by atoms with Crippen LogP contribution in [0, 0.1) is 12.7 Å². The molecule has 0 saturated carbocycles. The summed E-state index contributed by atoms with van der Waals surface area (Å²) in [6, 6.07) is 11.3. The van der Waals surface area contributed by atoms with Gasteiger partial charge in [-0.2, -0.15) is 0 Å². The molecule has 3 nitrogen and oxygen atoms in total. The monoisotopic (exact) mass is 425 g/mol. The lowest BCUT2D eigenvalue weighted by Gasteiger charge is -2.08. The average molecular weight is 425 g/mol. The van der Waals surface area contributed by atoms with Crippen LogP contribution in [0.2, 0.25) is 0 Å². The highest BCUT2D eigenvalue weighted by atomic mass is 127. The van der Waals surface area contributed by atoms with Gasteiger partial charge in [-0.1, -0.05) is 18.2 Å². The smallest absolute Gasteiger partial charge is 0.193 e. The van der Waals surface area contributed by atoms with Crippen molar-refractivity contribution in [1.82, 2.24) is 0 Å². The Balaban J connectivity index is 0.00000192. The van der Waals surface area contributed by atoms with Crippen LogP contribution in [-0.4, -0.2) is 5.96 Å². The van der Waals surface area contributed by atoms with Crippen molar-refractivity contribution in [2.45, 2.75) is 32.7 Å². The van der Waals surface area contributed by atoms with Crippen molar-refractivity contribution in [3.8, 4) is 0 Å². The molecule has 3 N–H and O–H groups in total. The van der Waals surface area contributed by atoms with Crippen LogP contribution in [0.25, 0.3) is 0 Å². The molecule has 2 aromatic rings. The van der Waals surface area contributed by atoms with E-state index in [1.807, 2.05) is 6.07 Å². The summed E-state index contributed by atoms with van der Waals surface area (Å²) in [6.45, 7) is 2.18. The second-order valence-electron chi connectivity index (χ2n) is 5.75. The van der Waals surface area contributed by atoms with Crippen LogP contribution >= 0.6 is 24.0 Å². The van der Waals surface area contributed by atoms with E-state index in [4.69, 9.17) is 5.73 Å². The largest absolute Gasteiger partial charge is 0.370 e. The van der Waals surface area contributed by atoms with Crippen molar-refractivity contribution >= 4 is 35.6 Å². The summed E-state index contributed by atoms with van der Waals surface area (Å²) in [7, 11) is 0. The number of benzene rings is 2. The van der Waals surface area contributed by atoms with E-state index in [2.05, 4.69) is 22.4 Å². The van der Waals surface area contributed by atoms with Crippen LogP contribution in [0.4, 0.5) is 10.1 Å². The molecule has 0 aromatic heterocycles. The highest BCUT2D eigenvalue weighted by Crippen LogP contribution is 2.24. The van der Waals surface area contributed by atoms with Gasteiger partial charge in [0.25, 0.3) is 0 Å². The lowest BCUT2D eigenvalue weighted by Crippen LogP contribution is -2.22. The van der Waals surface area contributed by atoms with Crippen LogP contribution in [0.5, 0.6) is 0 Å². The van der Waals surface area contributed by atoms with Gasteiger partial charge < -0.3 is 11.1 Å². The number of aryl methyl sites for hydroxylation is 3. The SMILES string of the molecule is Cc1cc(CN=C(N)Nc2ccc3c(c2)CCC3)ccc1F.I. The predicted molar refractivity (Wildman–Crippen MR) is 104 cm³/mol. The maximum absolute atomic E-state index is 13.2. The number of halogens is 2. The number of hydrogen-bond acceptors (Lipinski definition) is 1. The minimum atomic E-state index is -0.197. The fourth-order valence-corrected chi connectivity index (χ4v) is 2.82. The first-order valence-electron chi connectivity index (χ1n) is 7.55. The highest BCUT2D eigenvalue weighted by Gasteiger charge is 2.10. The van der Waals surface area contributed by atoms with Gasteiger partial charge in [0.1, 0.15) is 5.82 Å². The van der Waals surface area contributed by atoms with E-state index in [1.54, 1.807) is 19.1 Å². The molecule has 0 spiro atoms. The van der Waals surface area contributed by atoms with E-state index < -0.39 is 0 Å². The van der Waals surface area contributed by atoms with E-state index in [0.29, 0.717) is 18.1 Å². The van der Waals surface area contributed by atoms with Gasteiger partial charge in [-0.25, -0.2) is 9.38 Å². The molecule has 5 heteroatoms. The molecule has 0 atom stereocenters. The van der Waals surface area contributed by atoms with Gasteiger partial charge in [-0.3, -0.25) is 0 Å². The van der Waals surface area contributed by atoms with Crippen LogP contribution in [0.15, 0.2) is 41.4 Å². The number of hydrogen-bond donors (Lipinski definition) is 2. The van der Waals surface area contributed by atoms with Gasteiger partial charge in [0.15, 0.2) is 5.96 Å². The summed E-state index contributed by atoms with van der Waals surface area (Å²) in [6.07, 6.45) is 3.53. The van der Waals surface area contributed by atoms with Gasteiger partial charge in [-0.15, -0.1) is 24.0 Å². The number of rotatable bonds is 3. The molecule has 2 aromatic carbocycles. The van der Waals surface area contributed by atoms with E-state index in [0.717, 1.165) is 17.7 Å². The van der Waals surface area contributed by atoms with Gasteiger partial charge in [-0.05, 0) is 66.6 Å². The van der Waals surface area contributed by atoms with Crippen molar-refractivity contribution in [3.05, 3.63) is 64.5 Å². The van der Waals surface area contributed by atoms with Crippen LogP contribution < -0.4 is 11.1 Å². The molecule has 0 bridgehead atoms. The molecule has 122 valence electrons. The number of anilines is 1. The van der Waals surface area contributed by atoms with Crippen molar-refractivity contribution < 1.29 is 4.39 Å². The summed E-state index contributed by atoms with van der Waals surface area (Å²) < 4.78 is 13.2. The topological polar surface area (TPSA) is 50.4 Å². The molecule has 3 rings (SSSR count). The lowest BCUT2D eigenvalue weighted by molar-refractivity contribution is 0.617. The van der Waals surface area contributed by atoms with E-state index in [9.17, 15) is 4.39 Å². The third kappa shape index (κ3) is 4.43. The molecule has 0 saturated heterocycles.